The monoisotopic (exact) mass is 743 g/mol. The number of Topliss-reactive ketones (excluding diaryl/α,β-unsaturated/α-hetero) is 1. The van der Waals surface area contributed by atoms with E-state index in [2.05, 4.69) is 36.2 Å². The number of amides is 2. The molecule has 0 spiro atoms. The van der Waals surface area contributed by atoms with E-state index >= 15 is 0 Å². The van der Waals surface area contributed by atoms with Crippen molar-refractivity contribution in [3.8, 4) is 6.01 Å². The van der Waals surface area contributed by atoms with Crippen LogP contribution in [0.1, 0.15) is 67.3 Å². The van der Waals surface area contributed by atoms with Gasteiger partial charge >= 0.3 is 18.2 Å². The second-order valence-corrected chi connectivity index (χ2v) is 13.7. The van der Waals surface area contributed by atoms with E-state index in [0.717, 1.165) is 51.2 Å². The maximum absolute atomic E-state index is 13.1. The van der Waals surface area contributed by atoms with Gasteiger partial charge in [-0.1, -0.05) is 23.7 Å². The van der Waals surface area contributed by atoms with E-state index in [-0.39, 0.29) is 36.3 Å². The number of aromatic nitrogens is 3. The molecule has 3 aliphatic carbocycles. The van der Waals surface area contributed by atoms with Gasteiger partial charge in [0.15, 0.2) is 6.61 Å². The van der Waals surface area contributed by atoms with Crippen LogP contribution in [0.25, 0.3) is 0 Å². The summed E-state index contributed by atoms with van der Waals surface area (Å²) in [5.41, 5.74) is 0.865. The highest BCUT2D eigenvalue weighted by atomic mass is 35.5. The lowest BCUT2D eigenvalue weighted by Crippen LogP contribution is -2.44. The summed E-state index contributed by atoms with van der Waals surface area (Å²) in [7, 11) is 1.15. The van der Waals surface area contributed by atoms with Crippen molar-refractivity contribution in [1.29, 1.82) is 0 Å². The number of anilines is 3. The third kappa shape index (κ3) is 9.86. The van der Waals surface area contributed by atoms with Gasteiger partial charge in [0, 0.05) is 28.7 Å². The van der Waals surface area contributed by atoms with Crippen LogP contribution in [0.4, 0.5) is 30.8 Å². The van der Waals surface area contributed by atoms with Crippen molar-refractivity contribution in [3.63, 3.8) is 0 Å². The van der Waals surface area contributed by atoms with Crippen molar-refractivity contribution < 1.29 is 41.8 Å². The summed E-state index contributed by atoms with van der Waals surface area (Å²) in [6, 6.07) is 11.3. The summed E-state index contributed by atoms with van der Waals surface area (Å²) < 4.78 is 48.5. The first kappa shape index (κ1) is 36.8. The quantitative estimate of drug-likeness (QED) is 0.105. The normalized spacial score (nSPS) is 16.7. The number of rotatable bonds is 17. The minimum atomic E-state index is -4.63. The minimum Gasteiger partial charge on any atom is -0.467 e. The van der Waals surface area contributed by atoms with Crippen molar-refractivity contribution in [1.82, 2.24) is 25.6 Å². The number of carbonyl (C=O) groups is 4. The number of ether oxygens (including phenoxy) is 2. The molecule has 3 aliphatic rings. The summed E-state index contributed by atoms with van der Waals surface area (Å²) in [4.78, 5) is 63.1. The molecular weight excluding hydrogens is 707 g/mol. The van der Waals surface area contributed by atoms with Gasteiger partial charge in [-0.15, -0.1) is 0 Å². The fourth-order valence-electron chi connectivity index (χ4n) is 5.89. The molecule has 0 radical (unpaired) electrons. The number of benzene rings is 2. The van der Waals surface area contributed by atoms with E-state index in [4.69, 9.17) is 21.1 Å². The number of nitrogens with zero attached hydrogens (tertiary/aromatic N) is 3. The zero-order valence-corrected chi connectivity index (χ0v) is 28.9. The smallest absolute Gasteiger partial charge is 0.422 e. The highest BCUT2D eigenvalue weighted by Crippen LogP contribution is 2.48. The maximum atomic E-state index is 13.1. The SMILES string of the molecule is COC(=O)[C@H](CCC(=O)C(=O)NC(C1CC1)C1CC1)NC(=O)c1ccc(Nc2nc(NC3(c4ccc(Cl)cc4)CC3)nc(OCC(F)(F)F)n2)cc1. The summed E-state index contributed by atoms with van der Waals surface area (Å²) in [5.74, 6) is -2.10. The van der Waals surface area contributed by atoms with Crippen LogP contribution >= 0.6 is 11.6 Å². The number of ketones is 1. The second kappa shape index (κ2) is 15.3. The van der Waals surface area contributed by atoms with Crippen LogP contribution in [0.3, 0.4) is 0 Å². The molecule has 1 aromatic heterocycles. The first-order valence-electron chi connectivity index (χ1n) is 16.9. The number of carbonyl (C=O) groups excluding carboxylic acids is 4. The Labute approximate surface area is 301 Å². The van der Waals surface area contributed by atoms with Crippen molar-refractivity contribution in [2.75, 3.05) is 24.4 Å². The van der Waals surface area contributed by atoms with Crippen LogP contribution in [-0.2, 0) is 24.7 Å². The van der Waals surface area contributed by atoms with Gasteiger partial charge in [0.1, 0.15) is 6.04 Å². The molecule has 276 valence electrons. The molecule has 3 saturated carbocycles. The van der Waals surface area contributed by atoms with Gasteiger partial charge in [-0.05, 0) is 98.7 Å². The lowest BCUT2D eigenvalue weighted by molar-refractivity contribution is -0.154. The summed E-state index contributed by atoms with van der Waals surface area (Å²) in [6.07, 6.45) is 0.532. The van der Waals surface area contributed by atoms with Crippen molar-refractivity contribution in [3.05, 3.63) is 64.7 Å². The number of hydrogen-bond acceptors (Lipinski definition) is 11. The van der Waals surface area contributed by atoms with Crippen molar-refractivity contribution in [2.45, 2.75) is 75.2 Å². The van der Waals surface area contributed by atoms with Crippen LogP contribution in [0.15, 0.2) is 48.5 Å². The van der Waals surface area contributed by atoms with Crippen molar-refractivity contribution >= 4 is 52.8 Å². The Morgan fingerprint density at radius 1 is 0.904 bits per heavy atom. The Morgan fingerprint density at radius 3 is 2.12 bits per heavy atom. The Balaban J connectivity index is 1.09. The minimum absolute atomic E-state index is 0.00795. The zero-order chi connectivity index (χ0) is 37.0. The standard InChI is InChI=1S/C35H37ClF3N7O6/c1-51-30(50)25(14-15-26(47)29(49)42-27(19-2-3-19)20-4-5-20)41-28(48)21-6-12-24(13-7-21)40-31-43-32(45-33(44-31)52-18-35(37,38)39)46-34(16-17-34)22-8-10-23(36)11-9-22/h6-13,19-20,25,27H,2-5,14-18H2,1H3,(H,41,48)(H,42,49)(H2,40,43,44,45,46)/t25-/m0/s1. The molecule has 2 aromatic carbocycles. The molecule has 1 heterocycles. The topological polar surface area (TPSA) is 174 Å². The molecule has 6 rings (SSSR count). The molecule has 3 fully saturated rings. The molecule has 3 aromatic rings. The predicted octanol–water partition coefficient (Wildman–Crippen LogP) is 5.24. The number of methoxy groups -OCH3 is 1. The number of alkyl halides is 3. The molecular formula is C35H37ClF3N7O6. The van der Waals surface area contributed by atoms with Crippen LogP contribution in [-0.4, -0.2) is 70.5 Å². The average Bonchev–Trinajstić information content (AvgIpc) is 3.96. The molecule has 0 unspecified atom stereocenters. The van der Waals surface area contributed by atoms with E-state index in [1.54, 1.807) is 12.1 Å². The number of esters is 1. The Morgan fingerprint density at radius 2 is 1.54 bits per heavy atom. The van der Waals surface area contributed by atoms with Gasteiger partial charge in [0.05, 0.1) is 12.6 Å². The van der Waals surface area contributed by atoms with Crippen LogP contribution in [0.2, 0.25) is 5.02 Å². The molecule has 0 bridgehead atoms. The van der Waals surface area contributed by atoms with E-state index in [0.29, 0.717) is 22.5 Å². The number of nitrogens with one attached hydrogen (secondary N) is 4. The number of hydrogen-bond donors (Lipinski definition) is 4. The molecule has 1 atom stereocenters. The van der Waals surface area contributed by atoms with Crippen LogP contribution in [0.5, 0.6) is 6.01 Å². The van der Waals surface area contributed by atoms with E-state index in [1.165, 1.54) is 24.3 Å². The van der Waals surface area contributed by atoms with Gasteiger partial charge in [0.25, 0.3) is 11.8 Å². The number of halogens is 4. The van der Waals surface area contributed by atoms with E-state index < -0.39 is 53.9 Å². The highest BCUT2D eigenvalue weighted by molar-refractivity contribution is 6.36. The highest BCUT2D eigenvalue weighted by Gasteiger charge is 2.45. The van der Waals surface area contributed by atoms with Gasteiger partial charge in [0.2, 0.25) is 17.7 Å². The van der Waals surface area contributed by atoms with E-state index in [9.17, 15) is 32.3 Å². The van der Waals surface area contributed by atoms with Gasteiger partial charge in [-0.3, -0.25) is 14.4 Å². The molecule has 2 amide bonds. The fourth-order valence-corrected chi connectivity index (χ4v) is 6.02. The first-order valence-corrected chi connectivity index (χ1v) is 17.3. The van der Waals surface area contributed by atoms with Gasteiger partial charge < -0.3 is 30.7 Å². The van der Waals surface area contributed by atoms with E-state index in [1.807, 2.05) is 12.1 Å². The average molecular weight is 744 g/mol. The lowest BCUT2D eigenvalue weighted by Gasteiger charge is -2.19. The molecule has 52 heavy (non-hydrogen) atoms. The third-order valence-corrected chi connectivity index (χ3v) is 9.39. The van der Waals surface area contributed by atoms with Crippen LogP contribution in [0, 0.1) is 11.8 Å². The van der Waals surface area contributed by atoms with Crippen LogP contribution < -0.4 is 26.0 Å². The first-order chi connectivity index (χ1) is 24.8. The van der Waals surface area contributed by atoms with Gasteiger partial charge in [-0.2, -0.15) is 28.1 Å². The second-order valence-electron chi connectivity index (χ2n) is 13.3. The molecule has 13 nitrogen and oxygen atoms in total. The fraction of sp³-hybridized carbons (Fsp3) is 0.457. The van der Waals surface area contributed by atoms with Crippen molar-refractivity contribution in [2.24, 2.45) is 11.8 Å². The summed E-state index contributed by atoms with van der Waals surface area (Å²) in [5, 5.41) is 12.1. The molecule has 17 heteroatoms. The maximum Gasteiger partial charge on any atom is 0.422 e. The summed E-state index contributed by atoms with van der Waals surface area (Å²) >= 11 is 6.03. The Hall–Kier alpha value is -4.99. The third-order valence-electron chi connectivity index (χ3n) is 9.14. The predicted molar refractivity (Wildman–Crippen MR) is 182 cm³/mol. The molecule has 0 aliphatic heterocycles. The molecule has 4 N–H and O–H groups in total. The Kier molecular flexibility index (Phi) is 10.8. The van der Waals surface area contributed by atoms with Gasteiger partial charge in [-0.25, -0.2) is 4.79 Å². The summed E-state index contributed by atoms with van der Waals surface area (Å²) in [6.45, 7) is -1.61. The largest absolute Gasteiger partial charge is 0.467 e. The molecule has 0 saturated heterocycles. The lowest BCUT2D eigenvalue weighted by atomic mass is 10.0. The zero-order valence-electron chi connectivity index (χ0n) is 28.1. The Bertz CT molecular complexity index is 1790.